The number of aliphatic hydroxyl groups excluding tert-OH is 1. The summed E-state index contributed by atoms with van der Waals surface area (Å²) in [5.41, 5.74) is 0.470. The van der Waals surface area contributed by atoms with Gasteiger partial charge in [0.15, 0.2) is 0 Å². The highest BCUT2D eigenvalue weighted by Gasteiger charge is 2.22. The lowest BCUT2D eigenvalue weighted by molar-refractivity contribution is 0.0696. The van der Waals surface area contributed by atoms with Gasteiger partial charge in [-0.05, 0) is 38.0 Å². The first-order chi connectivity index (χ1) is 9.16. The monoisotopic (exact) mass is 301 g/mol. The predicted octanol–water partition coefficient (Wildman–Crippen LogP) is 1.08. The lowest BCUT2D eigenvalue weighted by atomic mass is 10.1. The molecule has 0 saturated carbocycles. The van der Waals surface area contributed by atoms with E-state index < -0.39 is 22.1 Å². The van der Waals surface area contributed by atoms with E-state index >= 15 is 0 Å². The number of benzene rings is 1. The van der Waals surface area contributed by atoms with Crippen LogP contribution < -0.4 is 0 Å². The minimum Gasteiger partial charge on any atom is -0.478 e. The van der Waals surface area contributed by atoms with E-state index in [1.165, 1.54) is 19.2 Å². The normalized spacial score (nSPS) is 13.4. The van der Waals surface area contributed by atoms with Crippen molar-refractivity contribution >= 4 is 16.0 Å². The molecule has 1 rings (SSSR count). The molecule has 0 aromatic heterocycles. The molecule has 0 heterocycles. The highest BCUT2D eigenvalue weighted by molar-refractivity contribution is 7.89. The molecule has 2 N–H and O–H groups in total. The molecule has 0 saturated heterocycles. The number of sulfonamides is 1. The molecule has 0 aliphatic rings. The summed E-state index contributed by atoms with van der Waals surface area (Å²) in [4.78, 5) is 11.0. The van der Waals surface area contributed by atoms with Crippen LogP contribution >= 0.6 is 0 Å². The van der Waals surface area contributed by atoms with Crippen molar-refractivity contribution in [2.75, 3.05) is 13.6 Å². The molecule has 0 bridgehead atoms. The van der Waals surface area contributed by atoms with Gasteiger partial charge in [-0.25, -0.2) is 17.5 Å². The number of aromatic carboxylic acids is 1. The van der Waals surface area contributed by atoms with Crippen molar-refractivity contribution in [2.45, 2.75) is 31.3 Å². The van der Waals surface area contributed by atoms with Crippen LogP contribution in [0.15, 0.2) is 23.1 Å². The minimum atomic E-state index is -3.75. The first-order valence-corrected chi connectivity index (χ1v) is 7.58. The van der Waals surface area contributed by atoms with E-state index in [1.54, 1.807) is 13.8 Å². The van der Waals surface area contributed by atoms with Crippen molar-refractivity contribution < 1.29 is 23.4 Å². The van der Waals surface area contributed by atoms with E-state index in [0.717, 1.165) is 10.4 Å². The minimum absolute atomic E-state index is 0.0324. The maximum absolute atomic E-state index is 12.3. The molecular weight excluding hydrogens is 282 g/mol. The van der Waals surface area contributed by atoms with Gasteiger partial charge >= 0.3 is 5.97 Å². The Morgan fingerprint density at radius 3 is 2.50 bits per heavy atom. The Labute approximate surface area is 118 Å². The first kappa shape index (κ1) is 16.6. The number of hydrogen-bond acceptors (Lipinski definition) is 4. The summed E-state index contributed by atoms with van der Waals surface area (Å²) in [7, 11) is -2.35. The number of carbonyl (C=O) groups is 1. The SMILES string of the molecule is Cc1ccc(S(=O)(=O)N(C)CCC(C)O)cc1C(=O)O. The van der Waals surface area contributed by atoms with E-state index in [1.807, 2.05) is 0 Å². The Bertz CT molecular complexity index is 595. The van der Waals surface area contributed by atoms with Crippen molar-refractivity contribution in [3.8, 4) is 0 Å². The largest absolute Gasteiger partial charge is 0.478 e. The third-order valence-electron chi connectivity index (χ3n) is 3.01. The summed E-state index contributed by atoms with van der Waals surface area (Å²) >= 11 is 0. The van der Waals surface area contributed by atoms with Crippen molar-refractivity contribution in [1.82, 2.24) is 4.31 Å². The third kappa shape index (κ3) is 3.78. The van der Waals surface area contributed by atoms with Gasteiger partial charge in [-0.1, -0.05) is 6.07 Å². The summed E-state index contributed by atoms with van der Waals surface area (Å²) in [6.45, 7) is 3.35. The zero-order chi connectivity index (χ0) is 15.5. The van der Waals surface area contributed by atoms with Crippen molar-refractivity contribution in [2.24, 2.45) is 0 Å². The van der Waals surface area contributed by atoms with E-state index in [4.69, 9.17) is 5.11 Å². The molecule has 20 heavy (non-hydrogen) atoms. The Morgan fingerprint density at radius 1 is 1.40 bits per heavy atom. The zero-order valence-electron chi connectivity index (χ0n) is 11.7. The standard InChI is InChI=1S/C13H19NO5S/c1-9-4-5-11(8-12(9)13(16)17)20(18,19)14(3)7-6-10(2)15/h4-5,8,10,15H,6-7H2,1-3H3,(H,16,17). The second kappa shape index (κ2) is 6.34. The number of rotatable bonds is 6. The maximum atomic E-state index is 12.3. The molecule has 7 heteroatoms. The summed E-state index contributed by atoms with van der Waals surface area (Å²) < 4.78 is 25.7. The van der Waals surface area contributed by atoms with Gasteiger partial charge in [-0.15, -0.1) is 0 Å². The van der Waals surface area contributed by atoms with Crippen LogP contribution in [-0.2, 0) is 10.0 Å². The number of carboxylic acids is 1. The van der Waals surface area contributed by atoms with Crippen LogP contribution in [0.25, 0.3) is 0 Å². The first-order valence-electron chi connectivity index (χ1n) is 6.14. The van der Waals surface area contributed by atoms with Gasteiger partial charge in [0.1, 0.15) is 0 Å². The van der Waals surface area contributed by atoms with Crippen LogP contribution in [0.3, 0.4) is 0 Å². The van der Waals surface area contributed by atoms with E-state index in [-0.39, 0.29) is 17.0 Å². The van der Waals surface area contributed by atoms with Crippen LogP contribution in [0.4, 0.5) is 0 Å². The quantitative estimate of drug-likeness (QED) is 0.820. The number of aryl methyl sites for hydroxylation is 1. The second-order valence-corrected chi connectivity index (χ2v) is 6.79. The van der Waals surface area contributed by atoms with Gasteiger partial charge in [0.2, 0.25) is 10.0 Å². The van der Waals surface area contributed by atoms with Gasteiger partial charge in [0.05, 0.1) is 16.6 Å². The summed E-state index contributed by atoms with van der Waals surface area (Å²) in [6.07, 6.45) is -0.284. The average Bonchev–Trinajstić information content (AvgIpc) is 2.35. The molecule has 1 atom stereocenters. The molecule has 0 aliphatic carbocycles. The number of nitrogens with zero attached hydrogens (tertiary/aromatic N) is 1. The van der Waals surface area contributed by atoms with Crippen molar-refractivity contribution in [3.05, 3.63) is 29.3 Å². The Kier molecular flexibility index (Phi) is 5.27. The highest BCUT2D eigenvalue weighted by atomic mass is 32.2. The second-order valence-electron chi connectivity index (χ2n) is 4.75. The highest BCUT2D eigenvalue weighted by Crippen LogP contribution is 2.19. The van der Waals surface area contributed by atoms with Crippen LogP contribution in [0.2, 0.25) is 0 Å². The average molecular weight is 301 g/mol. The molecular formula is C13H19NO5S. The number of aliphatic hydroxyl groups is 1. The lowest BCUT2D eigenvalue weighted by Crippen LogP contribution is -2.29. The molecule has 112 valence electrons. The van der Waals surface area contributed by atoms with Gasteiger partial charge in [-0.3, -0.25) is 0 Å². The fourth-order valence-electron chi connectivity index (χ4n) is 1.66. The maximum Gasteiger partial charge on any atom is 0.335 e. The topological polar surface area (TPSA) is 94.9 Å². The van der Waals surface area contributed by atoms with Crippen LogP contribution in [0, 0.1) is 6.92 Å². The summed E-state index contributed by atoms with van der Waals surface area (Å²) in [6, 6.07) is 4.01. The van der Waals surface area contributed by atoms with Crippen molar-refractivity contribution in [1.29, 1.82) is 0 Å². The van der Waals surface area contributed by atoms with E-state index in [9.17, 15) is 18.3 Å². The van der Waals surface area contributed by atoms with Gasteiger partial charge in [0.25, 0.3) is 0 Å². The smallest absolute Gasteiger partial charge is 0.335 e. The summed E-state index contributed by atoms with van der Waals surface area (Å²) in [5.74, 6) is -1.16. The van der Waals surface area contributed by atoms with Crippen molar-refractivity contribution in [3.63, 3.8) is 0 Å². The number of hydrogen-bond donors (Lipinski definition) is 2. The van der Waals surface area contributed by atoms with Crippen LogP contribution in [0.1, 0.15) is 29.3 Å². The third-order valence-corrected chi connectivity index (χ3v) is 4.86. The molecule has 6 nitrogen and oxygen atoms in total. The van der Waals surface area contributed by atoms with Crippen LogP contribution in [0.5, 0.6) is 0 Å². The fraction of sp³-hybridized carbons (Fsp3) is 0.462. The molecule has 1 aromatic rings. The van der Waals surface area contributed by atoms with Gasteiger partial charge < -0.3 is 10.2 Å². The Hall–Kier alpha value is -1.44. The Balaban J connectivity index is 3.09. The molecule has 1 unspecified atom stereocenters. The predicted molar refractivity (Wildman–Crippen MR) is 74.3 cm³/mol. The van der Waals surface area contributed by atoms with Gasteiger partial charge in [-0.2, -0.15) is 0 Å². The molecule has 0 spiro atoms. The van der Waals surface area contributed by atoms with E-state index in [2.05, 4.69) is 0 Å². The van der Waals surface area contributed by atoms with E-state index in [0.29, 0.717) is 12.0 Å². The fourth-order valence-corrected chi connectivity index (χ4v) is 2.87. The lowest BCUT2D eigenvalue weighted by Gasteiger charge is -2.18. The van der Waals surface area contributed by atoms with Gasteiger partial charge in [0, 0.05) is 13.6 Å². The van der Waals surface area contributed by atoms with Crippen LogP contribution in [-0.4, -0.2) is 48.6 Å². The molecule has 0 radical (unpaired) electrons. The molecule has 1 aromatic carbocycles. The summed E-state index contributed by atoms with van der Waals surface area (Å²) in [5, 5.41) is 18.2. The molecule has 0 amide bonds. The zero-order valence-corrected chi connectivity index (χ0v) is 12.5. The Morgan fingerprint density at radius 2 is 2.00 bits per heavy atom. The number of carboxylic acid groups (broad SMARTS) is 1. The molecule has 0 fully saturated rings. The molecule has 0 aliphatic heterocycles.